The first-order valence-corrected chi connectivity index (χ1v) is 5.49. The third-order valence-corrected chi connectivity index (χ3v) is 3.20. The van der Waals surface area contributed by atoms with Gasteiger partial charge in [-0.25, -0.2) is 0 Å². The molecule has 2 amide bonds. The lowest BCUT2D eigenvalue weighted by Crippen LogP contribution is -2.41. The number of hydrogen-bond donors (Lipinski definition) is 2. The smallest absolute Gasteiger partial charge is 0.234 e. The van der Waals surface area contributed by atoms with Gasteiger partial charge in [-0.15, -0.1) is 0 Å². The Labute approximate surface area is 92.7 Å². The number of carbonyl (C=O) groups excluding carboxylic acids is 2. The van der Waals surface area contributed by atoms with Crippen LogP contribution in [-0.2, 0) is 9.59 Å². The summed E-state index contributed by atoms with van der Waals surface area (Å²) in [6, 6.07) is -0.209. The summed E-state index contributed by atoms with van der Waals surface area (Å²) in [7, 11) is 0. The van der Waals surface area contributed by atoms with Crippen molar-refractivity contribution in [2.45, 2.75) is 38.1 Å². The molecule has 0 aromatic rings. The molecule has 0 heterocycles. The Morgan fingerprint density at radius 1 is 1.36 bits per heavy atom. The average Bonchev–Trinajstić information content (AvgIpc) is 2.00. The minimum Gasteiger partial charge on any atom is -0.370 e. The number of nitrogens with two attached hydrogens (primary N) is 1. The highest BCUT2D eigenvalue weighted by atomic mass is 79.9. The Hall–Kier alpha value is -0.580. The third kappa shape index (κ3) is 5.21. The second-order valence-electron chi connectivity index (χ2n) is 3.73. The Morgan fingerprint density at radius 2 is 1.86 bits per heavy atom. The molecule has 2 atom stereocenters. The first-order valence-electron chi connectivity index (χ1n) is 4.57. The fourth-order valence-electron chi connectivity index (χ4n) is 0.978. The molecule has 14 heavy (non-hydrogen) atoms. The number of amides is 2. The van der Waals surface area contributed by atoms with Crippen molar-refractivity contribution >= 4 is 27.7 Å². The van der Waals surface area contributed by atoms with Gasteiger partial charge in [0, 0.05) is 12.5 Å². The lowest BCUT2D eigenvalue weighted by molar-refractivity contribution is -0.122. The largest absolute Gasteiger partial charge is 0.370 e. The number of primary amides is 1. The second-order valence-corrected chi connectivity index (χ2v) is 4.71. The average molecular weight is 265 g/mol. The number of halogens is 1. The van der Waals surface area contributed by atoms with Gasteiger partial charge in [0.15, 0.2) is 0 Å². The highest BCUT2D eigenvalue weighted by Gasteiger charge is 2.20. The van der Waals surface area contributed by atoms with E-state index in [1.165, 1.54) is 0 Å². The molecule has 0 aromatic heterocycles. The van der Waals surface area contributed by atoms with Gasteiger partial charge in [-0.2, -0.15) is 0 Å². The lowest BCUT2D eigenvalue weighted by Gasteiger charge is -2.17. The van der Waals surface area contributed by atoms with E-state index >= 15 is 0 Å². The van der Waals surface area contributed by atoms with Crippen molar-refractivity contribution in [1.29, 1.82) is 0 Å². The van der Waals surface area contributed by atoms with Gasteiger partial charge in [0.2, 0.25) is 11.8 Å². The fourth-order valence-corrected chi connectivity index (χ4v) is 1.11. The summed E-state index contributed by atoms with van der Waals surface area (Å²) in [4.78, 5) is 21.8. The van der Waals surface area contributed by atoms with Crippen molar-refractivity contribution < 1.29 is 9.59 Å². The Kier molecular flexibility index (Phi) is 5.76. The molecule has 0 fully saturated rings. The van der Waals surface area contributed by atoms with Gasteiger partial charge in [-0.05, 0) is 12.8 Å². The molecular weight excluding hydrogens is 248 g/mol. The standard InChI is InChI=1S/C9H17BrN2O2/c1-5(2)8(10)9(14)12-6(3)4-7(11)13/h5-6,8H,4H2,1-3H3,(H2,11,13)(H,12,14). The number of carbonyl (C=O) groups is 2. The summed E-state index contributed by atoms with van der Waals surface area (Å²) < 4.78 is 0. The van der Waals surface area contributed by atoms with Crippen molar-refractivity contribution in [2.75, 3.05) is 0 Å². The van der Waals surface area contributed by atoms with E-state index in [0.717, 1.165) is 0 Å². The number of nitrogens with one attached hydrogen (secondary N) is 1. The van der Waals surface area contributed by atoms with Crippen LogP contribution in [0.4, 0.5) is 0 Å². The van der Waals surface area contributed by atoms with Crippen molar-refractivity contribution in [3.8, 4) is 0 Å². The zero-order chi connectivity index (χ0) is 11.3. The highest BCUT2D eigenvalue weighted by Crippen LogP contribution is 2.12. The lowest BCUT2D eigenvalue weighted by atomic mass is 10.1. The molecule has 5 heteroatoms. The highest BCUT2D eigenvalue weighted by molar-refractivity contribution is 9.10. The summed E-state index contributed by atoms with van der Waals surface area (Å²) in [5, 5.41) is 2.71. The SMILES string of the molecule is CC(CC(N)=O)NC(=O)C(Br)C(C)C. The van der Waals surface area contributed by atoms with Crippen LogP contribution in [0, 0.1) is 5.92 Å². The van der Waals surface area contributed by atoms with Gasteiger partial charge in [-0.1, -0.05) is 29.8 Å². The minimum absolute atomic E-state index is 0.103. The maximum absolute atomic E-state index is 11.5. The molecule has 0 saturated heterocycles. The topological polar surface area (TPSA) is 72.2 Å². The predicted molar refractivity (Wildman–Crippen MR) is 59.0 cm³/mol. The van der Waals surface area contributed by atoms with E-state index in [0.29, 0.717) is 0 Å². The van der Waals surface area contributed by atoms with Crippen LogP contribution in [0.15, 0.2) is 0 Å². The molecule has 0 aliphatic heterocycles. The second kappa shape index (κ2) is 6.01. The van der Waals surface area contributed by atoms with Gasteiger partial charge < -0.3 is 11.1 Å². The van der Waals surface area contributed by atoms with Crippen LogP contribution in [0.2, 0.25) is 0 Å². The van der Waals surface area contributed by atoms with Gasteiger partial charge in [0.25, 0.3) is 0 Å². The predicted octanol–water partition coefficient (Wildman–Crippen LogP) is 0.786. The Balaban J connectivity index is 3.99. The van der Waals surface area contributed by atoms with Crippen molar-refractivity contribution in [1.82, 2.24) is 5.32 Å². The van der Waals surface area contributed by atoms with Crippen LogP contribution in [0.1, 0.15) is 27.2 Å². The molecule has 0 radical (unpaired) electrons. The number of alkyl halides is 1. The molecule has 0 saturated carbocycles. The quantitative estimate of drug-likeness (QED) is 0.721. The maximum Gasteiger partial charge on any atom is 0.234 e. The molecule has 2 unspecified atom stereocenters. The molecule has 0 aliphatic carbocycles. The third-order valence-electron chi connectivity index (χ3n) is 1.73. The molecular formula is C9H17BrN2O2. The van der Waals surface area contributed by atoms with E-state index in [-0.39, 0.29) is 29.1 Å². The summed E-state index contributed by atoms with van der Waals surface area (Å²) in [6.45, 7) is 5.64. The minimum atomic E-state index is -0.409. The van der Waals surface area contributed by atoms with Crippen LogP contribution in [0.25, 0.3) is 0 Å². The zero-order valence-electron chi connectivity index (χ0n) is 8.71. The maximum atomic E-state index is 11.5. The molecule has 82 valence electrons. The van der Waals surface area contributed by atoms with E-state index in [9.17, 15) is 9.59 Å². The van der Waals surface area contributed by atoms with E-state index in [4.69, 9.17) is 5.73 Å². The first kappa shape index (κ1) is 13.4. The van der Waals surface area contributed by atoms with Crippen molar-refractivity contribution in [2.24, 2.45) is 11.7 Å². The van der Waals surface area contributed by atoms with Gasteiger partial charge >= 0.3 is 0 Å². The monoisotopic (exact) mass is 264 g/mol. The molecule has 3 N–H and O–H groups in total. The van der Waals surface area contributed by atoms with Gasteiger partial charge in [-0.3, -0.25) is 9.59 Å². The van der Waals surface area contributed by atoms with Gasteiger partial charge in [0.05, 0.1) is 4.83 Å². The normalized spacial score (nSPS) is 14.9. The molecule has 0 aliphatic rings. The zero-order valence-corrected chi connectivity index (χ0v) is 10.3. The molecule has 0 aromatic carbocycles. The van der Waals surface area contributed by atoms with Crippen LogP contribution in [0.5, 0.6) is 0 Å². The number of rotatable bonds is 5. The van der Waals surface area contributed by atoms with Crippen molar-refractivity contribution in [3.63, 3.8) is 0 Å². The molecule has 4 nitrogen and oxygen atoms in total. The van der Waals surface area contributed by atoms with Crippen LogP contribution >= 0.6 is 15.9 Å². The Morgan fingerprint density at radius 3 is 2.21 bits per heavy atom. The van der Waals surface area contributed by atoms with Crippen LogP contribution in [-0.4, -0.2) is 22.7 Å². The summed E-state index contributed by atoms with van der Waals surface area (Å²) in [5.74, 6) is -0.294. The number of hydrogen-bond acceptors (Lipinski definition) is 2. The molecule has 0 spiro atoms. The summed E-state index contributed by atoms with van der Waals surface area (Å²) in [5.41, 5.74) is 5.00. The van der Waals surface area contributed by atoms with Crippen molar-refractivity contribution in [3.05, 3.63) is 0 Å². The van der Waals surface area contributed by atoms with E-state index in [1.807, 2.05) is 13.8 Å². The van der Waals surface area contributed by atoms with Gasteiger partial charge in [0.1, 0.15) is 0 Å². The summed E-state index contributed by atoms with van der Waals surface area (Å²) in [6.07, 6.45) is 0.170. The van der Waals surface area contributed by atoms with E-state index in [2.05, 4.69) is 21.2 Å². The fraction of sp³-hybridized carbons (Fsp3) is 0.778. The van der Waals surface area contributed by atoms with Crippen LogP contribution in [0.3, 0.4) is 0 Å². The molecule has 0 rings (SSSR count). The van der Waals surface area contributed by atoms with E-state index in [1.54, 1.807) is 6.92 Å². The van der Waals surface area contributed by atoms with Crippen LogP contribution < -0.4 is 11.1 Å². The molecule has 0 bridgehead atoms. The Bertz CT molecular complexity index is 219. The van der Waals surface area contributed by atoms with E-state index < -0.39 is 5.91 Å². The summed E-state index contributed by atoms with van der Waals surface area (Å²) >= 11 is 3.27. The first-order chi connectivity index (χ1) is 6.34.